The van der Waals surface area contributed by atoms with Crippen molar-refractivity contribution in [2.75, 3.05) is 26.3 Å². The Bertz CT molecular complexity index is 784. The van der Waals surface area contributed by atoms with E-state index in [2.05, 4.69) is 10.6 Å². The van der Waals surface area contributed by atoms with Gasteiger partial charge < -0.3 is 19.7 Å². The molecule has 2 amide bonds. The lowest BCUT2D eigenvalue weighted by Crippen LogP contribution is -2.60. The van der Waals surface area contributed by atoms with E-state index in [1.165, 1.54) is 0 Å². The van der Waals surface area contributed by atoms with Gasteiger partial charge in [0.2, 0.25) is 5.91 Å². The zero-order valence-corrected chi connectivity index (χ0v) is 18.4. The Kier molecular flexibility index (Phi) is 9.04. The first-order chi connectivity index (χ1) is 14.3. The third-order valence-electron chi connectivity index (χ3n) is 4.34. The molecule has 2 rings (SSSR count). The van der Waals surface area contributed by atoms with E-state index in [1.807, 2.05) is 20.8 Å². The summed E-state index contributed by atoms with van der Waals surface area (Å²) < 4.78 is 10.8. The number of hydrogen-bond acceptors (Lipinski definition) is 6. The molecule has 164 valence electrons. The second kappa shape index (κ2) is 11.5. The number of esters is 1. The second-order valence-electron chi connectivity index (χ2n) is 7.39. The first-order valence-electron chi connectivity index (χ1n) is 10.1. The fraction of sp³-hybridized carbons (Fsp3) is 0.524. The number of piperazine rings is 1. The number of rotatable bonds is 8. The lowest BCUT2D eigenvalue weighted by Gasteiger charge is -2.36. The lowest BCUT2D eigenvalue weighted by atomic mass is 10.1. The summed E-state index contributed by atoms with van der Waals surface area (Å²) in [7, 11) is 0. The Morgan fingerprint density at radius 2 is 2.07 bits per heavy atom. The average molecular weight is 436 g/mol. The molecule has 1 aliphatic rings. The minimum absolute atomic E-state index is 0.0850. The van der Waals surface area contributed by atoms with Crippen molar-refractivity contribution in [3.63, 3.8) is 0 Å². The van der Waals surface area contributed by atoms with E-state index in [9.17, 15) is 14.4 Å². The smallest absolute Gasteiger partial charge is 0.308 e. The summed E-state index contributed by atoms with van der Waals surface area (Å²) in [6.45, 7) is 7.44. The Morgan fingerprint density at radius 1 is 1.33 bits per heavy atom. The minimum Gasteiger partial charge on any atom is -0.492 e. The van der Waals surface area contributed by atoms with E-state index in [0.29, 0.717) is 50.0 Å². The van der Waals surface area contributed by atoms with Gasteiger partial charge in [-0.1, -0.05) is 32.9 Å². The monoisotopic (exact) mass is 435 g/mol. The van der Waals surface area contributed by atoms with Crippen LogP contribution in [-0.4, -0.2) is 60.1 Å². The highest BCUT2D eigenvalue weighted by atomic mass is 32.1. The van der Waals surface area contributed by atoms with Crippen LogP contribution in [0.25, 0.3) is 0 Å². The van der Waals surface area contributed by atoms with Crippen LogP contribution < -0.4 is 15.4 Å². The maximum absolute atomic E-state index is 12.8. The standard InChI is InChI=1S/C21H29N3O5S/c1-4-11-28-18(25)12-16-20(27)22-9-10-24(16)21(30)23-19(26)15-7-5-6-8-17(15)29-13-14(2)3/h5-8,14,16H,4,9-13H2,1-3H3,(H,22,27)(H,23,26,30). The predicted molar refractivity (Wildman–Crippen MR) is 116 cm³/mol. The normalized spacial score (nSPS) is 16.1. The van der Waals surface area contributed by atoms with Gasteiger partial charge in [0.05, 0.1) is 25.2 Å². The molecule has 1 aromatic rings. The second-order valence-corrected chi connectivity index (χ2v) is 7.77. The third-order valence-corrected chi connectivity index (χ3v) is 4.68. The maximum Gasteiger partial charge on any atom is 0.308 e. The summed E-state index contributed by atoms with van der Waals surface area (Å²) in [6.07, 6.45) is 0.551. The number of ether oxygens (including phenoxy) is 2. The molecule has 0 aliphatic carbocycles. The van der Waals surface area contributed by atoms with Gasteiger partial charge in [-0.05, 0) is 36.7 Å². The quantitative estimate of drug-likeness (QED) is 0.475. The molecule has 1 heterocycles. The van der Waals surface area contributed by atoms with Gasteiger partial charge in [0.1, 0.15) is 11.8 Å². The average Bonchev–Trinajstić information content (AvgIpc) is 2.72. The fourth-order valence-electron chi connectivity index (χ4n) is 2.87. The van der Waals surface area contributed by atoms with Crippen LogP contribution in [-0.2, 0) is 14.3 Å². The molecule has 0 bridgehead atoms. The first-order valence-corrected chi connectivity index (χ1v) is 10.5. The van der Waals surface area contributed by atoms with Crippen LogP contribution >= 0.6 is 12.2 Å². The Morgan fingerprint density at radius 3 is 2.77 bits per heavy atom. The van der Waals surface area contributed by atoms with Crippen LogP contribution in [0.15, 0.2) is 24.3 Å². The summed E-state index contributed by atoms with van der Waals surface area (Å²) >= 11 is 5.39. The molecule has 1 fully saturated rings. The number of carbonyl (C=O) groups is 3. The van der Waals surface area contributed by atoms with Gasteiger partial charge in [-0.2, -0.15) is 0 Å². The van der Waals surface area contributed by atoms with Crippen molar-refractivity contribution < 1.29 is 23.9 Å². The molecule has 1 atom stereocenters. The molecule has 2 N–H and O–H groups in total. The summed E-state index contributed by atoms with van der Waals surface area (Å²) in [5, 5.41) is 5.47. The molecule has 9 heteroatoms. The molecule has 1 aromatic carbocycles. The molecular formula is C21H29N3O5S. The van der Waals surface area contributed by atoms with Gasteiger partial charge >= 0.3 is 5.97 Å². The van der Waals surface area contributed by atoms with Crippen molar-refractivity contribution in [2.24, 2.45) is 5.92 Å². The first kappa shape index (κ1) is 23.6. The number of nitrogens with one attached hydrogen (secondary N) is 2. The molecular weight excluding hydrogens is 406 g/mol. The minimum atomic E-state index is -0.830. The van der Waals surface area contributed by atoms with Crippen molar-refractivity contribution in [1.29, 1.82) is 0 Å². The summed E-state index contributed by atoms with van der Waals surface area (Å²) in [5.41, 5.74) is 0.348. The number of benzene rings is 1. The van der Waals surface area contributed by atoms with E-state index in [0.717, 1.165) is 0 Å². The summed E-state index contributed by atoms with van der Waals surface area (Å²) in [5.74, 6) is -0.472. The third kappa shape index (κ3) is 6.69. The summed E-state index contributed by atoms with van der Waals surface area (Å²) in [6, 6.07) is 6.07. The number of hydrogen-bond donors (Lipinski definition) is 2. The Hall–Kier alpha value is -2.68. The van der Waals surface area contributed by atoms with Crippen molar-refractivity contribution in [3.05, 3.63) is 29.8 Å². The largest absolute Gasteiger partial charge is 0.492 e. The highest BCUT2D eigenvalue weighted by Gasteiger charge is 2.34. The van der Waals surface area contributed by atoms with Gasteiger partial charge in [-0.3, -0.25) is 19.7 Å². The highest BCUT2D eigenvalue weighted by molar-refractivity contribution is 7.80. The Balaban J connectivity index is 2.08. The molecule has 0 spiro atoms. The van der Waals surface area contributed by atoms with Crippen LogP contribution in [0.1, 0.15) is 44.0 Å². The molecule has 0 saturated carbocycles. The van der Waals surface area contributed by atoms with Crippen molar-refractivity contribution in [3.8, 4) is 5.75 Å². The van der Waals surface area contributed by atoms with Crippen LogP contribution in [0.4, 0.5) is 0 Å². The molecule has 1 unspecified atom stereocenters. The van der Waals surface area contributed by atoms with E-state index in [-0.39, 0.29) is 17.4 Å². The van der Waals surface area contributed by atoms with Crippen LogP contribution in [0.2, 0.25) is 0 Å². The number of nitrogens with zero attached hydrogens (tertiary/aromatic N) is 1. The SMILES string of the molecule is CCCOC(=O)CC1C(=O)NCCN1C(=S)NC(=O)c1ccccc1OCC(C)C. The Labute approximate surface area is 182 Å². The molecule has 0 aromatic heterocycles. The van der Waals surface area contributed by atoms with Crippen molar-refractivity contribution >= 4 is 35.1 Å². The van der Waals surface area contributed by atoms with Crippen molar-refractivity contribution in [2.45, 2.75) is 39.7 Å². The maximum atomic E-state index is 12.8. The topological polar surface area (TPSA) is 97.0 Å². The number of carbonyl (C=O) groups excluding carboxylic acids is 3. The van der Waals surface area contributed by atoms with Crippen LogP contribution in [0.5, 0.6) is 5.75 Å². The molecule has 1 aliphatic heterocycles. The van der Waals surface area contributed by atoms with Gasteiger partial charge in [0.25, 0.3) is 5.91 Å². The fourth-order valence-corrected chi connectivity index (χ4v) is 3.18. The molecule has 1 saturated heterocycles. The zero-order valence-electron chi connectivity index (χ0n) is 17.6. The van der Waals surface area contributed by atoms with Gasteiger partial charge in [-0.15, -0.1) is 0 Å². The molecule has 8 nitrogen and oxygen atoms in total. The van der Waals surface area contributed by atoms with Crippen LogP contribution in [0, 0.1) is 5.92 Å². The van der Waals surface area contributed by atoms with E-state index in [4.69, 9.17) is 21.7 Å². The highest BCUT2D eigenvalue weighted by Crippen LogP contribution is 2.19. The van der Waals surface area contributed by atoms with E-state index in [1.54, 1.807) is 29.2 Å². The number of para-hydroxylation sites is 1. The van der Waals surface area contributed by atoms with Gasteiger partial charge in [0, 0.05) is 13.1 Å². The zero-order chi connectivity index (χ0) is 22.1. The van der Waals surface area contributed by atoms with E-state index < -0.39 is 17.9 Å². The van der Waals surface area contributed by atoms with Gasteiger partial charge in [0.15, 0.2) is 5.11 Å². The summed E-state index contributed by atoms with van der Waals surface area (Å²) in [4.78, 5) is 38.7. The molecule has 30 heavy (non-hydrogen) atoms. The van der Waals surface area contributed by atoms with Crippen LogP contribution in [0.3, 0.4) is 0 Å². The molecule has 0 radical (unpaired) electrons. The number of thiocarbonyl (C=S) groups is 1. The van der Waals surface area contributed by atoms with Gasteiger partial charge in [-0.25, -0.2) is 0 Å². The van der Waals surface area contributed by atoms with E-state index >= 15 is 0 Å². The number of amides is 2. The van der Waals surface area contributed by atoms with Crippen molar-refractivity contribution in [1.82, 2.24) is 15.5 Å². The predicted octanol–water partition coefficient (Wildman–Crippen LogP) is 1.88. The lowest BCUT2D eigenvalue weighted by molar-refractivity contribution is -0.147.